The van der Waals surface area contributed by atoms with Crippen molar-refractivity contribution in [1.82, 2.24) is 14.4 Å². The lowest BCUT2D eigenvalue weighted by Crippen LogP contribution is -2.49. The summed E-state index contributed by atoms with van der Waals surface area (Å²) in [5.41, 5.74) is 3.03. The molecule has 0 spiro atoms. The van der Waals surface area contributed by atoms with Crippen molar-refractivity contribution < 1.29 is 9.90 Å². The lowest BCUT2D eigenvalue weighted by atomic mass is 10.1. The van der Waals surface area contributed by atoms with Gasteiger partial charge in [0.2, 0.25) is 0 Å². The second kappa shape index (κ2) is 6.72. The van der Waals surface area contributed by atoms with Crippen LogP contribution in [0.25, 0.3) is 10.9 Å². The second-order valence-electron chi connectivity index (χ2n) is 6.09. The van der Waals surface area contributed by atoms with E-state index in [4.69, 9.17) is 5.11 Å². The lowest BCUT2D eigenvalue weighted by molar-refractivity contribution is 0.0604. The zero-order valence-electron chi connectivity index (χ0n) is 14.0. The maximum absolute atomic E-state index is 13.1. The molecule has 1 amide bonds. The van der Waals surface area contributed by atoms with E-state index in [-0.39, 0.29) is 12.5 Å². The molecule has 124 valence electrons. The van der Waals surface area contributed by atoms with Gasteiger partial charge in [0.25, 0.3) is 5.91 Å². The first-order valence-corrected chi connectivity index (χ1v) is 8.37. The minimum absolute atomic E-state index is 0.129. The maximum Gasteiger partial charge on any atom is 0.270 e. The third-order valence-corrected chi connectivity index (χ3v) is 4.82. The topological polar surface area (TPSA) is 48.7 Å². The number of β-amino-alcohol motifs (C(OH)–C–C–N with tert-alkyl or cyclic N) is 1. The molecule has 2 heterocycles. The van der Waals surface area contributed by atoms with Crippen molar-refractivity contribution in [3.05, 3.63) is 35.5 Å². The van der Waals surface area contributed by atoms with Crippen LogP contribution in [0.1, 0.15) is 23.0 Å². The van der Waals surface area contributed by atoms with Crippen LogP contribution in [0.5, 0.6) is 0 Å². The van der Waals surface area contributed by atoms with Gasteiger partial charge in [0, 0.05) is 50.2 Å². The number of piperazine rings is 1. The molecule has 1 saturated heterocycles. The quantitative estimate of drug-likeness (QED) is 0.934. The Hall–Kier alpha value is -1.85. The summed E-state index contributed by atoms with van der Waals surface area (Å²) in [6.07, 6.45) is 0. The van der Waals surface area contributed by atoms with Crippen molar-refractivity contribution >= 4 is 16.8 Å². The molecule has 5 heteroatoms. The molecular weight excluding hydrogens is 290 g/mol. The maximum atomic E-state index is 13.1. The fraction of sp³-hybridized carbons (Fsp3) is 0.500. The molecule has 0 radical (unpaired) electrons. The highest BCUT2D eigenvalue weighted by molar-refractivity contribution is 6.01. The van der Waals surface area contributed by atoms with E-state index >= 15 is 0 Å². The number of aryl methyl sites for hydroxylation is 2. The Kier molecular flexibility index (Phi) is 4.68. The van der Waals surface area contributed by atoms with Gasteiger partial charge in [-0.1, -0.05) is 18.2 Å². The van der Waals surface area contributed by atoms with Crippen LogP contribution in [0.3, 0.4) is 0 Å². The summed E-state index contributed by atoms with van der Waals surface area (Å²) >= 11 is 0. The third kappa shape index (κ3) is 2.86. The van der Waals surface area contributed by atoms with Crippen LogP contribution >= 0.6 is 0 Å². The van der Waals surface area contributed by atoms with Crippen molar-refractivity contribution in [3.63, 3.8) is 0 Å². The van der Waals surface area contributed by atoms with E-state index in [0.29, 0.717) is 6.54 Å². The van der Waals surface area contributed by atoms with Gasteiger partial charge in [-0.25, -0.2) is 0 Å². The van der Waals surface area contributed by atoms with E-state index < -0.39 is 0 Å². The largest absolute Gasteiger partial charge is 0.395 e. The van der Waals surface area contributed by atoms with Gasteiger partial charge in [0.15, 0.2) is 0 Å². The van der Waals surface area contributed by atoms with E-state index in [9.17, 15) is 4.79 Å². The summed E-state index contributed by atoms with van der Waals surface area (Å²) in [5, 5.41) is 10.2. The molecule has 0 unspecified atom stereocenters. The first-order chi connectivity index (χ1) is 11.2. The van der Waals surface area contributed by atoms with Crippen molar-refractivity contribution in [1.29, 1.82) is 0 Å². The summed E-state index contributed by atoms with van der Waals surface area (Å²) in [6, 6.07) is 8.22. The van der Waals surface area contributed by atoms with Crippen LogP contribution in [0, 0.1) is 6.92 Å². The lowest BCUT2D eigenvalue weighted by Gasteiger charge is -2.34. The van der Waals surface area contributed by atoms with Crippen molar-refractivity contribution in [3.8, 4) is 0 Å². The predicted octanol–water partition coefficient (Wildman–Crippen LogP) is 1.72. The normalized spacial score (nSPS) is 16.2. The number of carbonyl (C=O) groups is 1. The van der Waals surface area contributed by atoms with Crippen LogP contribution < -0.4 is 0 Å². The Labute approximate surface area is 137 Å². The van der Waals surface area contributed by atoms with Crippen LogP contribution in [0.15, 0.2) is 24.3 Å². The summed E-state index contributed by atoms with van der Waals surface area (Å²) in [7, 11) is 0. The molecule has 1 aliphatic heterocycles. The summed E-state index contributed by atoms with van der Waals surface area (Å²) in [6.45, 7) is 8.90. The van der Waals surface area contributed by atoms with Crippen LogP contribution in [0.2, 0.25) is 0 Å². The highest BCUT2D eigenvalue weighted by Gasteiger charge is 2.26. The number of rotatable bonds is 4. The summed E-state index contributed by atoms with van der Waals surface area (Å²) in [4.78, 5) is 17.2. The second-order valence-corrected chi connectivity index (χ2v) is 6.09. The number of hydrogen-bond acceptors (Lipinski definition) is 3. The number of aliphatic hydroxyl groups excluding tert-OH is 1. The van der Waals surface area contributed by atoms with Gasteiger partial charge in [0.1, 0.15) is 5.69 Å². The molecule has 3 rings (SSSR count). The van der Waals surface area contributed by atoms with Gasteiger partial charge >= 0.3 is 0 Å². The standard InChI is InChI=1S/C18H25N3O2/c1-3-21-16-7-5-4-6-15(16)14(2)17(21)18(23)20-10-8-19(9-11-20)12-13-22/h4-7,22H,3,8-13H2,1-2H3. The number of carbonyl (C=O) groups excluding carboxylic acids is 1. The van der Waals surface area contributed by atoms with Gasteiger partial charge in [0.05, 0.1) is 6.61 Å². The van der Waals surface area contributed by atoms with E-state index in [1.54, 1.807) is 0 Å². The van der Waals surface area contributed by atoms with Crippen LogP contribution in [-0.2, 0) is 6.54 Å². The molecule has 0 atom stereocenters. The van der Waals surface area contributed by atoms with Crippen molar-refractivity contribution in [2.75, 3.05) is 39.3 Å². The minimum atomic E-state index is 0.129. The first-order valence-electron chi connectivity index (χ1n) is 8.37. The van der Waals surface area contributed by atoms with Crippen LogP contribution in [0.4, 0.5) is 0 Å². The molecule has 2 aromatic rings. The number of aliphatic hydroxyl groups is 1. The number of fused-ring (bicyclic) bond motifs is 1. The molecule has 1 N–H and O–H groups in total. The summed E-state index contributed by atoms with van der Waals surface area (Å²) in [5.74, 6) is 0.129. The Bertz CT molecular complexity index is 700. The van der Waals surface area contributed by atoms with E-state index in [1.807, 2.05) is 24.0 Å². The number of benzene rings is 1. The Morgan fingerprint density at radius 3 is 2.52 bits per heavy atom. The highest BCUT2D eigenvalue weighted by atomic mass is 16.3. The molecule has 5 nitrogen and oxygen atoms in total. The molecule has 0 bridgehead atoms. The van der Waals surface area contributed by atoms with E-state index in [0.717, 1.165) is 54.9 Å². The van der Waals surface area contributed by atoms with Crippen LogP contribution in [-0.4, -0.2) is 64.7 Å². The molecule has 0 saturated carbocycles. The van der Waals surface area contributed by atoms with E-state index in [1.165, 1.54) is 0 Å². The third-order valence-electron chi connectivity index (χ3n) is 4.82. The van der Waals surface area contributed by atoms with Crippen molar-refractivity contribution in [2.45, 2.75) is 20.4 Å². The average molecular weight is 315 g/mol. The minimum Gasteiger partial charge on any atom is -0.395 e. The van der Waals surface area contributed by atoms with E-state index in [2.05, 4.69) is 28.5 Å². The number of para-hydroxylation sites is 1. The molecule has 1 aromatic heterocycles. The van der Waals surface area contributed by atoms with Gasteiger partial charge in [-0.05, 0) is 25.5 Å². The summed E-state index contributed by atoms with van der Waals surface area (Å²) < 4.78 is 2.13. The number of hydrogen-bond donors (Lipinski definition) is 1. The molecule has 1 fully saturated rings. The van der Waals surface area contributed by atoms with Gasteiger partial charge in [-0.3, -0.25) is 9.69 Å². The molecule has 1 aromatic carbocycles. The Morgan fingerprint density at radius 1 is 1.17 bits per heavy atom. The van der Waals surface area contributed by atoms with Gasteiger partial charge in [-0.2, -0.15) is 0 Å². The fourth-order valence-corrected chi connectivity index (χ4v) is 3.55. The molecule has 1 aliphatic rings. The van der Waals surface area contributed by atoms with Crippen molar-refractivity contribution in [2.24, 2.45) is 0 Å². The molecule has 23 heavy (non-hydrogen) atoms. The average Bonchev–Trinajstić information content (AvgIpc) is 2.88. The molecule has 0 aliphatic carbocycles. The smallest absolute Gasteiger partial charge is 0.270 e. The zero-order chi connectivity index (χ0) is 16.4. The monoisotopic (exact) mass is 315 g/mol. The number of aromatic nitrogens is 1. The number of nitrogens with zero attached hydrogens (tertiary/aromatic N) is 3. The molecular formula is C18H25N3O2. The first kappa shape index (κ1) is 16.0. The Morgan fingerprint density at radius 2 is 1.87 bits per heavy atom. The highest BCUT2D eigenvalue weighted by Crippen LogP contribution is 2.26. The SMILES string of the molecule is CCn1c(C(=O)N2CCN(CCO)CC2)c(C)c2ccccc21. The predicted molar refractivity (Wildman–Crippen MR) is 91.8 cm³/mol. The fourth-order valence-electron chi connectivity index (χ4n) is 3.55. The van der Waals surface area contributed by atoms with Gasteiger partial charge in [-0.15, -0.1) is 0 Å². The zero-order valence-corrected chi connectivity index (χ0v) is 14.0. The van der Waals surface area contributed by atoms with Gasteiger partial charge < -0.3 is 14.6 Å². The number of amides is 1. The Balaban J connectivity index is 1.88.